The molecule has 0 aromatic rings. The molecule has 0 aromatic carbocycles. The van der Waals surface area contributed by atoms with Crippen molar-refractivity contribution < 1.29 is 9.18 Å². The van der Waals surface area contributed by atoms with E-state index in [0.29, 0.717) is 12.8 Å². The lowest BCUT2D eigenvalue weighted by Gasteiger charge is -2.23. The number of hydrogen-bond donors (Lipinski definition) is 2. The van der Waals surface area contributed by atoms with Crippen LogP contribution in [0.3, 0.4) is 0 Å². The molecule has 1 saturated heterocycles. The van der Waals surface area contributed by atoms with E-state index < -0.39 is 12.1 Å². The Labute approximate surface area is 65.1 Å². The van der Waals surface area contributed by atoms with Gasteiger partial charge in [-0.3, -0.25) is 4.79 Å². The highest BCUT2D eigenvalue weighted by atomic mass is 19.1. The van der Waals surface area contributed by atoms with Gasteiger partial charge in [-0.2, -0.15) is 0 Å². The summed E-state index contributed by atoms with van der Waals surface area (Å²) in [6, 6.07) is 0. The van der Waals surface area contributed by atoms with Crippen LogP contribution in [0.2, 0.25) is 0 Å². The lowest BCUT2D eigenvalue weighted by Crippen LogP contribution is -2.38. The van der Waals surface area contributed by atoms with Crippen LogP contribution in [0.5, 0.6) is 0 Å². The van der Waals surface area contributed by atoms with Gasteiger partial charge in [0.2, 0.25) is 0 Å². The number of rotatable bonds is 2. The second kappa shape index (κ2) is 3.67. The van der Waals surface area contributed by atoms with Crippen LogP contribution in [0.15, 0.2) is 0 Å². The van der Waals surface area contributed by atoms with E-state index in [-0.39, 0.29) is 5.92 Å². The fourth-order valence-electron chi connectivity index (χ4n) is 1.37. The molecule has 1 amide bonds. The zero-order valence-corrected chi connectivity index (χ0v) is 6.35. The number of nitrogens with one attached hydrogen (secondary N) is 1. The highest BCUT2D eigenvalue weighted by Gasteiger charge is 2.26. The van der Waals surface area contributed by atoms with Crippen LogP contribution in [0.25, 0.3) is 0 Å². The molecule has 1 heterocycles. The van der Waals surface area contributed by atoms with Gasteiger partial charge < -0.3 is 11.1 Å². The minimum Gasteiger partial charge on any atom is -0.367 e. The first-order valence-electron chi connectivity index (χ1n) is 3.86. The van der Waals surface area contributed by atoms with E-state index >= 15 is 0 Å². The van der Waals surface area contributed by atoms with Crippen molar-refractivity contribution in [3.63, 3.8) is 0 Å². The van der Waals surface area contributed by atoms with Gasteiger partial charge in [-0.25, -0.2) is 4.39 Å². The molecule has 1 rings (SSSR count). The largest absolute Gasteiger partial charge is 0.367 e. The molecule has 3 nitrogen and oxygen atoms in total. The lowest BCUT2D eigenvalue weighted by molar-refractivity contribution is -0.124. The van der Waals surface area contributed by atoms with Crippen molar-refractivity contribution in [3.05, 3.63) is 0 Å². The van der Waals surface area contributed by atoms with Crippen LogP contribution in [0.4, 0.5) is 4.39 Å². The maximum absolute atomic E-state index is 12.9. The number of primary amides is 1. The quantitative estimate of drug-likeness (QED) is 0.588. The Morgan fingerprint density at radius 3 is 2.55 bits per heavy atom. The third-order valence-corrected chi connectivity index (χ3v) is 2.07. The second-order valence-corrected chi connectivity index (χ2v) is 2.89. The molecule has 64 valence electrons. The fraction of sp³-hybridized carbons (Fsp3) is 0.857. The van der Waals surface area contributed by atoms with E-state index in [1.54, 1.807) is 0 Å². The van der Waals surface area contributed by atoms with Crippen LogP contribution < -0.4 is 11.1 Å². The van der Waals surface area contributed by atoms with E-state index in [1.807, 2.05) is 0 Å². The molecule has 1 atom stereocenters. The summed E-state index contributed by atoms with van der Waals surface area (Å²) >= 11 is 0. The normalized spacial score (nSPS) is 23.0. The van der Waals surface area contributed by atoms with Crippen LogP contribution in [0, 0.1) is 5.92 Å². The number of carbonyl (C=O) groups excluding carboxylic acids is 1. The van der Waals surface area contributed by atoms with Gasteiger partial charge in [0.1, 0.15) is 0 Å². The van der Waals surface area contributed by atoms with E-state index in [2.05, 4.69) is 5.32 Å². The summed E-state index contributed by atoms with van der Waals surface area (Å²) in [5.41, 5.74) is 4.83. The smallest absolute Gasteiger partial charge is 0.252 e. The van der Waals surface area contributed by atoms with Crippen LogP contribution in [-0.4, -0.2) is 25.2 Å². The molecule has 0 aromatic heterocycles. The summed E-state index contributed by atoms with van der Waals surface area (Å²) in [7, 11) is 0. The summed E-state index contributed by atoms with van der Waals surface area (Å²) in [6.45, 7) is 1.58. The maximum atomic E-state index is 12.9. The zero-order chi connectivity index (χ0) is 8.27. The predicted molar refractivity (Wildman–Crippen MR) is 39.7 cm³/mol. The fourth-order valence-corrected chi connectivity index (χ4v) is 1.37. The molecule has 0 bridgehead atoms. The summed E-state index contributed by atoms with van der Waals surface area (Å²) in [5, 5.41) is 3.09. The first-order valence-corrected chi connectivity index (χ1v) is 3.86. The predicted octanol–water partition coefficient (Wildman–Crippen LogP) is -0.191. The van der Waals surface area contributed by atoms with Crippen molar-refractivity contribution >= 4 is 5.91 Å². The molecule has 3 N–H and O–H groups in total. The van der Waals surface area contributed by atoms with Gasteiger partial charge >= 0.3 is 0 Å². The van der Waals surface area contributed by atoms with Crippen LogP contribution in [0.1, 0.15) is 12.8 Å². The number of nitrogens with two attached hydrogens (primary N) is 1. The third-order valence-electron chi connectivity index (χ3n) is 2.07. The molecule has 11 heavy (non-hydrogen) atoms. The van der Waals surface area contributed by atoms with Crippen LogP contribution >= 0.6 is 0 Å². The van der Waals surface area contributed by atoms with Crippen molar-refractivity contribution in [2.45, 2.75) is 19.0 Å². The number of hydrogen-bond acceptors (Lipinski definition) is 2. The summed E-state index contributed by atoms with van der Waals surface area (Å²) in [4.78, 5) is 10.4. The van der Waals surface area contributed by atoms with Gasteiger partial charge in [0.15, 0.2) is 6.17 Å². The van der Waals surface area contributed by atoms with E-state index in [4.69, 9.17) is 5.73 Å². The van der Waals surface area contributed by atoms with Gasteiger partial charge in [-0.05, 0) is 25.9 Å². The SMILES string of the molecule is NC(=O)[C@@H](F)C1CCNCC1. The minimum absolute atomic E-state index is 0.159. The highest BCUT2D eigenvalue weighted by Crippen LogP contribution is 2.18. The maximum Gasteiger partial charge on any atom is 0.252 e. The Kier molecular flexibility index (Phi) is 2.82. The van der Waals surface area contributed by atoms with Gasteiger partial charge in [0, 0.05) is 5.92 Å². The monoisotopic (exact) mass is 160 g/mol. The van der Waals surface area contributed by atoms with Gasteiger partial charge in [0.05, 0.1) is 0 Å². The molecule has 0 spiro atoms. The highest BCUT2D eigenvalue weighted by molar-refractivity contribution is 5.78. The first-order chi connectivity index (χ1) is 5.22. The third kappa shape index (κ3) is 2.15. The topological polar surface area (TPSA) is 55.1 Å². The standard InChI is InChI=1S/C7H13FN2O/c8-6(7(9)11)5-1-3-10-4-2-5/h5-6,10H,1-4H2,(H2,9,11)/t6-/m0/s1. The first kappa shape index (κ1) is 8.46. The van der Waals surface area contributed by atoms with Crippen LogP contribution in [-0.2, 0) is 4.79 Å². The number of amides is 1. The lowest BCUT2D eigenvalue weighted by atomic mass is 9.93. The Morgan fingerprint density at radius 2 is 2.09 bits per heavy atom. The molecule has 4 heteroatoms. The van der Waals surface area contributed by atoms with Crippen molar-refractivity contribution in [3.8, 4) is 0 Å². The van der Waals surface area contributed by atoms with Gasteiger partial charge in [-0.15, -0.1) is 0 Å². The van der Waals surface area contributed by atoms with E-state index in [0.717, 1.165) is 13.1 Å². The Hall–Kier alpha value is -0.640. The summed E-state index contributed by atoms with van der Waals surface area (Å²) in [6.07, 6.45) is -0.0223. The van der Waals surface area contributed by atoms with Gasteiger partial charge in [0.25, 0.3) is 5.91 Å². The average molecular weight is 160 g/mol. The molecule has 1 fully saturated rings. The Bertz CT molecular complexity index is 145. The van der Waals surface area contributed by atoms with Gasteiger partial charge in [-0.1, -0.05) is 0 Å². The molecular weight excluding hydrogens is 147 g/mol. The molecule has 0 aliphatic carbocycles. The molecule has 0 radical (unpaired) electrons. The van der Waals surface area contributed by atoms with Crippen molar-refractivity contribution in [1.29, 1.82) is 0 Å². The number of alkyl halides is 1. The van der Waals surface area contributed by atoms with Crippen molar-refractivity contribution in [2.75, 3.05) is 13.1 Å². The van der Waals surface area contributed by atoms with E-state index in [1.165, 1.54) is 0 Å². The zero-order valence-electron chi connectivity index (χ0n) is 6.35. The molecule has 1 aliphatic heterocycles. The number of carbonyl (C=O) groups is 1. The summed E-state index contributed by atoms with van der Waals surface area (Å²) in [5.74, 6) is -0.981. The Morgan fingerprint density at radius 1 is 1.55 bits per heavy atom. The molecule has 1 aliphatic rings. The molecule has 0 unspecified atom stereocenters. The average Bonchev–Trinajstić information content (AvgIpc) is 2.05. The number of halogens is 1. The van der Waals surface area contributed by atoms with E-state index in [9.17, 15) is 9.18 Å². The van der Waals surface area contributed by atoms with Crippen molar-refractivity contribution in [2.24, 2.45) is 11.7 Å². The minimum atomic E-state index is -1.45. The second-order valence-electron chi connectivity index (χ2n) is 2.89. The molecule has 0 saturated carbocycles. The Balaban J connectivity index is 2.38. The number of piperidine rings is 1. The summed E-state index contributed by atoms with van der Waals surface area (Å²) < 4.78 is 12.9. The van der Waals surface area contributed by atoms with Crippen molar-refractivity contribution in [1.82, 2.24) is 5.32 Å². The molecular formula is C7H13FN2O.